The van der Waals surface area contributed by atoms with E-state index in [1.54, 1.807) is 47.4 Å². The van der Waals surface area contributed by atoms with Crippen LogP contribution < -0.4 is 9.64 Å². The Hall–Kier alpha value is -2.80. The molecule has 136 valence electrons. The normalized spacial score (nSPS) is 14.2. The van der Waals surface area contributed by atoms with E-state index in [9.17, 15) is 14.9 Å². The number of hydrogen-bond acceptors (Lipinski definition) is 5. The molecular formula is C18H18ClN3O4. The van der Waals surface area contributed by atoms with Crippen LogP contribution in [0.1, 0.15) is 0 Å². The molecule has 0 radical (unpaired) electrons. The van der Waals surface area contributed by atoms with Crippen molar-refractivity contribution in [2.45, 2.75) is 0 Å². The van der Waals surface area contributed by atoms with Gasteiger partial charge in [0.25, 0.3) is 11.6 Å². The molecule has 0 bridgehead atoms. The summed E-state index contributed by atoms with van der Waals surface area (Å²) in [6, 6.07) is 13.6. The first kappa shape index (κ1) is 18.0. The molecule has 1 aliphatic rings. The highest BCUT2D eigenvalue weighted by Crippen LogP contribution is 2.28. The zero-order chi connectivity index (χ0) is 18.5. The molecule has 0 spiro atoms. The van der Waals surface area contributed by atoms with Crippen LogP contribution in [0.4, 0.5) is 11.4 Å². The largest absolute Gasteiger partial charge is 0.482 e. The Morgan fingerprint density at radius 2 is 1.73 bits per heavy atom. The molecule has 2 aromatic rings. The van der Waals surface area contributed by atoms with Crippen molar-refractivity contribution in [3.05, 3.63) is 63.7 Å². The van der Waals surface area contributed by atoms with Crippen molar-refractivity contribution in [2.75, 3.05) is 37.7 Å². The van der Waals surface area contributed by atoms with E-state index in [-0.39, 0.29) is 23.1 Å². The molecule has 1 aliphatic heterocycles. The smallest absolute Gasteiger partial charge is 0.292 e. The van der Waals surface area contributed by atoms with Gasteiger partial charge in [-0.1, -0.05) is 35.9 Å². The topological polar surface area (TPSA) is 75.9 Å². The van der Waals surface area contributed by atoms with Crippen molar-refractivity contribution < 1.29 is 14.5 Å². The van der Waals surface area contributed by atoms with Crippen LogP contribution in [-0.4, -0.2) is 48.5 Å². The standard InChI is InChI=1S/C18H18ClN3O4/c19-14-5-1-4-8-17(14)26-13-18(23)21-11-9-20(10-12-21)15-6-2-3-7-16(15)22(24)25/h1-8H,9-13H2. The van der Waals surface area contributed by atoms with E-state index >= 15 is 0 Å². The number of nitro groups is 1. The van der Waals surface area contributed by atoms with Crippen LogP contribution in [0.5, 0.6) is 5.75 Å². The molecule has 7 nitrogen and oxygen atoms in total. The molecule has 8 heteroatoms. The molecule has 1 fully saturated rings. The van der Waals surface area contributed by atoms with Crippen LogP contribution >= 0.6 is 11.6 Å². The highest BCUT2D eigenvalue weighted by atomic mass is 35.5. The summed E-state index contributed by atoms with van der Waals surface area (Å²) in [4.78, 5) is 26.7. The van der Waals surface area contributed by atoms with Gasteiger partial charge in [-0.05, 0) is 18.2 Å². The Kier molecular flexibility index (Phi) is 5.58. The number of rotatable bonds is 5. The Labute approximate surface area is 155 Å². The van der Waals surface area contributed by atoms with E-state index in [1.165, 1.54) is 6.07 Å². The number of amides is 1. The second-order valence-corrected chi connectivity index (χ2v) is 6.24. The summed E-state index contributed by atoms with van der Waals surface area (Å²) in [7, 11) is 0. The number of hydrogen-bond donors (Lipinski definition) is 0. The number of halogens is 1. The number of nitrogens with zero attached hydrogens (tertiary/aromatic N) is 3. The number of nitro benzene ring substituents is 1. The fourth-order valence-corrected chi connectivity index (χ4v) is 3.07. The third kappa shape index (κ3) is 4.05. The first-order valence-electron chi connectivity index (χ1n) is 8.20. The second-order valence-electron chi connectivity index (χ2n) is 5.83. The zero-order valence-electron chi connectivity index (χ0n) is 14.0. The summed E-state index contributed by atoms with van der Waals surface area (Å²) in [5.74, 6) is 0.341. The number of para-hydroxylation sites is 3. The van der Waals surface area contributed by atoms with Gasteiger partial charge in [0.1, 0.15) is 11.4 Å². The summed E-state index contributed by atoms with van der Waals surface area (Å²) in [5.41, 5.74) is 0.659. The maximum atomic E-state index is 12.3. The number of carbonyl (C=O) groups is 1. The van der Waals surface area contributed by atoms with Crippen molar-refractivity contribution in [3.63, 3.8) is 0 Å². The molecule has 2 aromatic carbocycles. The maximum Gasteiger partial charge on any atom is 0.292 e. The lowest BCUT2D eigenvalue weighted by Gasteiger charge is -2.35. The molecule has 0 N–H and O–H groups in total. The Balaban J connectivity index is 1.56. The first-order chi connectivity index (χ1) is 12.6. The fraction of sp³-hybridized carbons (Fsp3) is 0.278. The van der Waals surface area contributed by atoms with E-state index in [0.717, 1.165) is 0 Å². The fourth-order valence-electron chi connectivity index (χ4n) is 2.88. The highest BCUT2D eigenvalue weighted by molar-refractivity contribution is 6.32. The average molecular weight is 376 g/mol. The van der Waals surface area contributed by atoms with Crippen molar-refractivity contribution in [1.82, 2.24) is 4.90 Å². The molecule has 1 amide bonds. The summed E-state index contributed by atoms with van der Waals surface area (Å²) in [6.07, 6.45) is 0. The third-order valence-electron chi connectivity index (χ3n) is 4.24. The van der Waals surface area contributed by atoms with Crippen LogP contribution in [0.2, 0.25) is 5.02 Å². The summed E-state index contributed by atoms with van der Waals surface area (Å²) in [6.45, 7) is 1.94. The molecule has 0 aromatic heterocycles. The molecule has 1 saturated heterocycles. The van der Waals surface area contributed by atoms with Crippen molar-refractivity contribution in [2.24, 2.45) is 0 Å². The van der Waals surface area contributed by atoms with Gasteiger partial charge in [-0.2, -0.15) is 0 Å². The van der Waals surface area contributed by atoms with Crippen molar-refractivity contribution in [3.8, 4) is 5.75 Å². The molecule has 0 atom stereocenters. The van der Waals surface area contributed by atoms with E-state index < -0.39 is 0 Å². The van der Waals surface area contributed by atoms with E-state index in [0.29, 0.717) is 42.6 Å². The van der Waals surface area contributed by atoms with Crippen LogP contribution in [0.25, 0.3) is 0 Å². The van der Waals surface area contributed by atoms with Gasteiger partial charge in [0.2, 0.25) is 0 Å². The molecular weight excluding hydrogens is 358 g/mol. The lowest BCUT2D eigenvalue weighted by atomic mass is 10.2. The van der Waals surface area contributed by atoms with E-state index in [1.807, 2.05) is 4.90 Å². The molecule has 26 heavy (non-hydrogen) atoms. The Bertz CT molecular complexity index is 807. The minimum absolute atomic E-state index is 0.0781. The van der Waals surface area contributed by atoms with Gasteiger partial charge >= 0.3 is 0 Å². The lowest BCUT2D eigenvalue weighted by molar-refractivity contribution is -0.384. The zero-order valence-corrected chi connectivity index (χ0v) is 14.8. The van der Waals surface area contributed by atoms with Crippen LogP contribution in [0, 0.1) is 10.1 Å². The number of anilines is 1. The van der Waals surface area contributed by atoms with Crippen LogP contribution in [-0.2, 0) is 4.79 Å². The van der Waals surface area contributed by atoms with Gasteiger partial charge in [-0.15, -0.1) is 0 Å². The highest BCUT2D eigenvalue weighted by Gasteiger charge is 2.25. The minimum Gasteiger partial charge on any atom is -0.482 e. The number of carbonyl (C=O) groups excluding carboxylic acids is 1. The SMILES string of the molecule is O=C(COc1ccccc1Cl)N1CCN(c2ccccc2[N+](=O)[O-])CC1. The van der Waals surface area contributed by atoms with Gasteiger partial charge < -0.3 is 14.5 Å². The van der Waals surface area contributed by atoms with Crippen LogP contribution in [0.15, 0.2) is 48.5 Å². The lowest BCUT2D eigenvalue weighted by Crippen LogP contribution is -2.50. The van der Waals surface area contributed by atoms with Crippen molar-refractivity contribution >= 4 is 28.9 Å². The maximum absolute atomic E-state index is 12.3. The average Bonchev–Trinajstić information content (AvgIpc) is 2.67. The Morgan fingerprint density at radius 3 is 2.42 bits per heavy atom. The third-order valence-corrected chi connectivity index (χ3v) is 4.55. The summed E-state index contributed by atoms with van der Waals surface area (Å²) >= 11 is 6.01. The number of ether oxygens (including phenoxy) is 1. The van der Waals surface area contributed by atoms with E-state index in [2.05, 4.69) is 0 Å². The number of piperazine rings is 1. The van der Waals surface area contributed by atoms with Crippen LogP contribution in [0.3, 0.4) is 0 Å². The van der Waals surface area contributed by atoms with Gasteiger partial charge in [-0.25, -0.2) is 0 Å². The minimum atomic E-state index is -0.385. The van der Waals surface area contributed by atoms with Gasteiger partial charge in [-0.3, -0.25) is 14.9 Å². The summed E-state index contributed by atoms with van der Waals surface area (Å²) in [5, 5.41) is 11.6. The molecule has 3 rings (SSSR count). The molecule has 0 saturated carbocycles. The molecule has 0 unspecified atom stereocenters. The molecule has 0 aliphatic carbocycles. The van der Waals surface area contributed by atoms with Gasteiger partial charge in [0.05, 0.1) is 9.95 Å². The van der Waals surface area contributed by atoms with Gasteiger partial charge in [0, 0.05) is 32.2 Å². The molecule has 1 heterocycles. The van der Waals surface area contributed by atoms with Crippen molar-refractivity contribution in [1.29, 1.82) is 0 Å². The van der Waals surface area contributed by atoms with Gasteiger partial charge in [0.15, 0.2) is 6.61 Å². The number of benzene rings is 2. The quantitative estimate of drug-likeness (QED) is 0.593. The van der Waals surface area contributed by atoms with E-state index in [4.69, 9.17) is 16.3 Å². The monoisotopic (exact) mass is 375 g/mol. The summed E-state index contributed by atoms with van der Waals surface area (Å²) < 4.78 is 5.49. The predicted molar refractivity (Wildman–Crippen MR) is 98.8 cm³/mol. The second kappa shape index (κ2) is 8.05. The Morgan fingerprint density at radius 1 is 1.08 bits per heavy atom. The first-order valence-corrected chi connectivity index (χ1v) is 8.57. The predicted octanol–water partition coefficient (Wildman–Crippen LogP) is 2.98.